The summed E-state index contributed by atoms with van der Waals surface area (Å²) in [6.45, 7) is 12.5. The second-order valence-corrected chi connectivity index (χ2v) is 7.25. The van der Waals surface area contributed by atoms with Gasteiger partial charge in [0, 0.05) is 6.42 Å². The molecule has 2 heteroatoms. The van der Waals surface area contributed by atoms with Crippen molar-refractivity contribution in [3.63, 3.8) is 0 Å². The van der Waals surface area contributed by atoms with Gasteiger partial charge in [0.1, 0.15) is 6.66 Å². The van der Waals surface area contributed by atoms with Gasteiger partial charge in [-0.05, 0) is 19.3 Å². The highest BCUT2D eigenvalue weighted by atomic mass is 31.1. The molecule has 0 saturated heterocycles. The Labute approximate surface area is 71.4 Å². The van der Waals surface area contributed by atoms with Crippen LogP contribution in [0.2, 0.25) is 0 Å². The second kappa shape index (κ2) is 3.23. The summed E-state index contributed by atoms with van der Waals surface area (Å²) >= 11 is 0. The highest BCUT2D eigenvalue weighted by Crippen LogP contribution is 2.43. The van der Waals surface area contributed by atoms with Crippen LogP contribution in [0.3, 0.4) is 0 Å². The lowest BCUT2D eigenvalue weighted by Gasteiger charge is -2.23. The van der Waals surface area contributed by atoms with E-state index in [0.29, 0.717) is 0 Å². The molecule has 0 amide bonds. The fourth-order valence-electron chi connectivity index (χ4n) is 1.41. The van der Waals surface area contributed by atoms with Gasteiger partial charge in [-0.1, -0.05) is 25.3 Å². The zero-order valence-corrected chi connectivity index (χ0v) is 9.46. The third-order valence-electron chi connectivity index (χ3n) is 1.82. The topological polar surface area (TPSA) is 17.1 Å². The second-order valence-electron chi connectivity index (χ2n) is 5.05. The lowest BCUT2D eigenvalue weighted by Crippen LogP contribution is -2.22. The van der Waals surface area contributed by atoms with Gasteiger partial charge >= 0.3 is 7.80 Å². The van der Waals surface area contributed by atoms with E-state index in [2.05, 4.69) is 34.6 Å². The van der Waals surface area contributed by atoms with Crippen LogP contribution in [0.4, 0.5) is 0 Å². The largest absolute Gasteiger partial charge is 0.341 e. The summed E-state index contributed by atoms with van der Waals surface area (Å²) in [7, 11) is -1.06. The van der Waals surface area contributed by atoms with Crippen LogP contribution in [0, 0.1) is 5.41 Å². The molecule has 0 spiro atoms. The molecule has 0 heterocycles. The third-order valence-corrected chi connectivity index (χ3v) is 3.68. The van der Waals surface area contributed by atoms with Crippen LogP contribution in [-0.2, 0) is 4.57 Å². The molecule has 11 heavy (non-hydrogen) atoms. The van der Waals surface area contributed by atoms with E-state index < -0.39 is 7.80 Å². The maximum absolute atomic E-state index is 11.3. The molecule has 1 atom stereocenters. The SMILES string of the molecule is C[P+](=O)C(C)(C)CC(C)(C)C. The highest BCUT2D eigenvalue weighted by molar-refractivity contribution is 7.45. The average Bonchev–Trinajstić information content (AvgIpc) is 1.56. The third kappa shape index (κ3) is 4.53. The van der Waals surface area contributed by atoms with Crippen molar-refractivity contribution in [1.82, 2.24) is 0 Å². The highest BCUT2D eigenvalue weighted by Gasteiger charge is 2.38. The Morgan fingerprint density at radius 1 is 1.09 bits per heavy atom. The normalized spacial score (nSPS) is 14.9. The van der Waals surface area contributed by atoms with Crippen LogP contribution < -0.4 is 0 Å². The zero-order valence-electron chi connectivity index (χ0n) is 8.56. The Bertz CT molecular complexity index is 153. The van der Waals surface area contributed by atoms with E-state index >= 15 is 0 Å². The first-order valence-corrected chi connectivity index (χ1v) is 5.77. The van der Waals surface area contributed by atoms with Crippen molar-refractivity contribution >= 4 is 7.80 Å². The monoisotopic (exact) mass is 175 g/mol. The maximum atomic E-state index is 11.3. The molecule has 0 aliphatic carbocycles. The summed E-state index contributed by atoms with van der Waals surface area (Å²) in [5.41, 5.74) is 0.282. The van der Waals surface area contributed by atoms with Gasteiger partial charge < -0.3 is 0 Å². The van der Waals surface area contributed by atoms with Crippen molar-refractivity contribution in [3.05, 3.63) is 0 Å². The van der Waals surface area contributed by atoms with Crippen molar-refractivity contribution in [2.24, 2.45) is 5.41 Å². The molecule has 0 rings (SSSR count). The molecule has 0 radical (unpaired) electrons. The van der Waals surface area contributed by atoms with E-state index in [1.165, 1.54) is 0 Å². The van der Waals surface area contributed by atoms with E-state index in [0.717, 1.165) is 6.42 Å². The molecule has 0 aliphatic heterocycles. The average molecular weight is 175 g/mol. The van der Waals surface area contributed by atoms with Gasteiger partial charge in [0.25, 0.3) is 0 Å². The van der Waals surface area contributed by atoms with Crippen LogP contribution in [0.25, 0.3) is 0 Å². The van der Waals surface area contributed by atoms with Crippen LogP contribution in [0.5, 0.6) is 0 Å². The smallest absolute Gasteiger partial charge is 0.0745 e. The summed E-state index contributed by atoms with van der Waals surface area (Å²) in [5, 5.41) is -0.00637. The Morgan fingerprint density at radius 3 is 1.55 bits per heavy atom. The lowest BCUT2D eigenvalue weighted by molar-refractivity contribution is 0.332. The predicted octanol–water partition coefficient (Wildman–Crippen LogP) is 3.66. The van der Waals surface area contributed by atoms with Crippen LogP contribution in [0.15, 0.2) is 0 Å². The molecular weight excluding hydrogens is 155 g/mol. The molecule has 0 fully saturated rings. The van der Waals surface area contributed by atoms with Gasteiger partial charge in [0.05, 0.1) is 0 Å². The fourth-order valence-corrected chi connectivity index (χ4v) is 2.11. The van der Waals surface area contributed by atoms with E-state index in [-0.39, 0.29) is 10.6 Å². The first kappa shape index (κ1) is 11.1. The molecule has 0 bridgehead atoms. The van der Waals surface area contributed by atoms with Crippen molar-refractivity contribution in [1.29, 1.82) is 0 Å². The summed E-state index contributed by atoms with van der Waals surface area (Å²) < 4.78 is 11.3. The van der Waals surface area contributed by atoms with Crippen LogP contribution in [0.1, 0.15) is 41.0 Å². The van der Waals surface area contributed by atoms with Crippen LogP contribution >= 0.6 is 7.80 Å². The van der Waals surface area contributed by atoms with Crippen molar-refractivity contribution < 1.29 is 4.57 Å². The Hall–Kier alpha value is 0.100. The maximum Gasteiger partial charge on any atom is 0.341 e. The summed E-state index contributed by atoms with van der Waals surface area (Å²) in [6, 6.07) is 0. The van der Waals surface area contributed by atoms with Crippen molar-refractivity contribution in [3.8, 4) is 0 Å². The molecule has 1 unspecified atom stereocenters. The van der Waals surface area contributed by atoms with E-state index in [4.69, 9.17) is 0 Å². The molecule has 66 valence electrons. The van der Waals surface area contributed by atoms with Crippen molar-refractivity contribution in [2.45, 2.75) is 46.2 Å². The fraction of sp³-hybridized carbons (Fsp3) is 1.00. The quantitative estimate of drug-likeness (QED) is 0.585. The van der Waals surface area contributed by atoms with Gasteiger partial charge in [-0.15, -0.1) is 0 Å². The van der Waals surface area contributed by atoms with Gasteiger partial charge in [-0.25, -0.2) is 0 Å². The summed E-state index contributed by atoms with van der Waals surface area (Å²) in [4.78, 5) is 0. The van der Waals surface area contributed by atoms with E-state index in [9.17, 15) is 4.57 Å². The van der Waals surface area contributed by atoms with Gasteiger partial charge in [0.2, 0.25) is 0 Å². The minimum absolute atomic E-state index is 0.00637. The van der Waals surface area contributed by atoms with E-state index in [1.807, 2.05) is 6.66 Å². The molecule has 0 aromatic carbocycles. The lowest BCUT2D eigenvalue weighted by atomic mass is 9.86. The Balaban J connectivity index is 4.25. The van der Waals surface area contributed by atoms with Crippen LogP contribution in [-0.4, -0.2) is 11.8 Å². The van der Waals surface area contributed by atoms with Gasteiger partial charge in [-0.3, -0.25) is 0 Å². The number of hydrogen-bond donors (Lipinski definition) is 0. The molecule has 0 aromatic heterocycles. The standard InChI is InChI=1S/C9H20OP/c1-8(2,3)7-9(4,5)11(6)10/h7H2,1-6H3/q+1. The minimum Gasteiger partial charge on any atom is -0.0745 e. The summed E-state index contributed by atoms with van der Waals surface area (Å²) in [5.74, 6) is 0. The Kier molecular flexibility index (Phi) is 3.26. The molecule has 0 aromatic rings. The molecule has 0 aliphatic rings. The number of hydrogen-bond acceptors (Lipinski definition) is 1. The Morgan fingerprint density at radius 2 is 1.45 bits per heavy atom. The predicted molar refractivity (Wildman–Crippen MR) is 51.7 cm³/mol. The molecular formula is C9H20OP+. The first-order chi connectivity index (χ1) is 4.65. The van der Waals surface area contributed by atoms with E-state index in [1.54, 1.807) is 0 Å². The molecule has 0 saturated carbocycles. The molecule has 0 N–H and O–H groups in total. The summed E-state index contributed by atoms with van der Waals surface area (Å²) in [6.07, 6.45) is 1.02. The molecule has 1 nitrogen and oxygen atoms in total. The first-order valence-electron chi connectivity index (χ1n) is 4.06. The van der Waals surface area contributed by atoms with Crippen molar-refractivity contribution in [2.75, 3.05) is 6.66 Å². The number of rotatable bonds is 2. The van der Waals surface area contributed by atoms with Gasteiger partial charge in [0.15, 0.2) is 5.16 Å². The van der Waals surface area contributed by atoms with Gasteiger partial charge in [-0.2, -0.15) is 0 Å². The minimum atomic E-state index is -1.06. The zero-order chi connectivity index (χ0) is 9.28.